The largest absolute Gasteiger partial charge is 0.335 e. The van der Waals surface area contributed by atoms with Gasteiger partial charge in [-0.05, 0) is 36.6 Å². The van der Waals surface area contributed by atoms with Crippen LogP contribution in [0.3, 0.4) is 0 Å². The molecule has 0 bridgehead atoms. The van der Waals surface area contributed by atoms with Gasteiger partial charge in [0.2, 0.25) is 5.91 Å². The first-order chi connectivity index (χ1) is 15.6. The maximum absolute atomic E-state index is 13.0. The van der Waals surface area contributed by atoms with Gasteiger partial charge < -0.3 is 15.5 Å². The van der Waals surface area contributed by atoms with E-state index in [1.165, 1.54) is 5.56 Å². The molecule has 2 N–H and O–H groups in total. The van der Waals surface area contributed by atoms with Crippen LogP contribution in [0.4, 0.5) is 10.6 Å². The SMILES string of the molecule is CCCc1cccc(-c2cc(NC(=O)[C@H]3CNC(=O)N3CCC)nn2-c2ccccc2)c1. The highest BCUT2D eigenvalue weighted by atomic mass is 16.2. The maximum atomic E-state index is 13.0. The summed E-state index contributed by atoms with van der Waals surface area (Å²) in [4.78, 5) is 26.6. The van der Waals surface area contributed by atoms with Crippen LogP contribution in [0, 0.1) is 0 Å². The zero-order chi connectivity index (χ0) is 22.5. The summed E-state index contributed by atoms with van der Waals surface area (Å²) in [6.45, 7) is 4.99. The normalized spacial score (nSPS) is 15.6. The fourth-order valence-corrected chi connectivity index (χ4v) is 4.07. The van der Waals surface area contributed by atoms with Crippen LogP contribution >= 0.6 is 0 Å². The molecule has 0 saturated carbocycles. The fraction of sp³-hybridized carbons (Fsp3) is 0.320. The van der Waals surface area contributed by atoms with Gasteiger partial charge in [0, 0.05) is 24.7 Å². The number of hydrogen-bond acceptors (Lipinski definition) is 3. The minimum atomic E-state index is -0.541. The first kappa shape index (κ1) is 21.6. The highest BCUT2D eigenvalue weighted by molar-refractivity contribution is 5.98. The number of anilines is 1. The second-order valence-corrected chi connectivity index (χ2v) is 8.00. The molecule has 1 atom stereocenters. The third kappa shape index (κ3) is 4.51. The summed E-state index contributed by atoms with van der Waals surface area (Å²) in [6.07, 6.45) is 2.87. The van der Waals surface area contributed by atoms with E-state index in [1.54, 1.807) is 4.90 Å². The van der Waals surface area contributed by atoms with E-state index in [0.717, 1.165) is 36.2 Å². The summed E-state index contributed by atoms with van der Waals surface area (Å²) in [5.74, 6) is 0.228. The maximum Gasteiger partial charge on any atom is 0.318 e. The van der Waals surface area contributed by atoms with Crippen molar-refractivity contribution in [2.24, 2.45) is 0 Å². The lowest BCUT2D eigenvalue weighted by atomic mass is 10.0. The van der Waals surface area contributed by atoms with E-state index in [-0.39, 0.29) is 11.9 Å². The van der Waals surface area contributed by atoms with Gasteiger partial charge in [-0.1, -0.05) is 56.7 Å². The summed E-state index contributed by atoms with van der Waals surface area (Å²) in [7, 11) is 0. The number of nitrogens with one attached hydrogen (secondary N) is 2. The Hall–Kier alpha value is -3.61. The minimum absolute atomic E-state index is 0.199. The Balaban J connectivity index is 1.66. The molecule has 0 aliphatic carbocycles. The molecule has 1 aliphatic rings. The van der Waals surface area contributed by atoms with Gasteiger partial charge in [-0.15, -0.1) is 5.10 Å². The van der Waals surface area contributed by atoms with Crippen LogP contribution in [-0.2, 0) is 11.2 Å². The third-order valence-electron chi connectivity index (χ3n) is 5.57. The van der Waals surface area contributed by atoms with E-state index in [2.05, 4.69) is 41.8 Å². The van der Waals surface area contributed by atoms with Gasteiger partial charge in [-0.3, -0.25) is 4.79 Å². The van der Waals surface area contributed by atoms with Crippen molar-refractivity contribution >= 4 is 17.8 Å². The number of carbonyl (C=O) groups excluding carboxylic acids is 2. The molecule has 1 saturated heterocycles. The second kappa shape index (κ2) is 9.68. The highest BCUT2D eigenvalue weighted by Crippen LogP contribution is 2.27. The molecule has 7 nitrogen and oxygen atoms in total. The second-order valence-electron chi connectivity index (χ2n) is 8.00. The van der Waals surface area contributed by atoms with Gasteiger partial charge in [0.05, 0.1) is 11.4 Å². The topological polar surface area (TPSA) is 79.3 Å². The standard InChI is InChI=1S/C25H29N5O2/c1-3-9-18-10-8-11-19(15-18)21-16-23(28-30(21)20-12-6-5-7-13-20)27-24(31)22-17-26-25(32)29(22)14-4-2/h5-8,10-13,15-16,22H,3-4,9,14,17H2,1-2H3,(H,26,32)(H,27,28,31)/t22-/m1/s1. The van der Waals surface area contributed by atoms with Crippen LogP contribution in [0.2, 0.25) is 0 Å². The molecule has 7 heteroatoms. The van der Waals surface area contributed by atoms with Crippen LogP contribution in [0.5, 0.6) is 0 Å². The van der Waals surface area contributed by atoms with Crippen molar-refractivity contribution in [3.63, 3.8) is 0 Å². The van der Waals surface area contributed by atoms with Crippen LogP contribution in [0.25, 0.3) is 16.9 Å². The molecule has 1 aromatic heterocycles. The zero-order valence-corrected chi connectivity index (χ0v) is 18.5. The Morgan fingerprint density at radius 1 is 1.09 bits per heavy atom. The number of nitrogens with zero attached hydrogens (tertiary/aromatic N) is 3. The lowest BCUT2D eigenvalue weighted by Gasteiger charge is -2.21. The first-order valence-electron chi connectivity index (χ1n) is 11.2. The Bertz CT molecular complexity index is 1090. The summed E-state index contributed by atoms with van der Waals surface area (Å²) in [6, 6.07) is 19.4. The molecular formula is C25H29N5O2. The molecule has 1 fully saturated rings. The molecule has 3 amide bonds. The van der Waals surface area contributed by atoms with E-state index in [0.29, 0.717) is 18.9 Å². The summed E-state index contributed by atoms with van der Waals surface area (Å²) >= 11 is 0. The zero-order valence-electron chi connectivity index (χ0n) is 18.5. The van der Waals surface area contributed by atoms with Crippen LogP contribution in [0.15, 0.2) is 60.7 Å². The van der Waals surface area contributed by atoms with Crippen LogP contribution in [0.1, 0.15) is 32.3 Å². The molecule has 4 rings (SSSR count). The van der Waals surface area contributed by atoms with Crippen molar-refractivity contribution in [2.75, 3.05) is 18.4 Å². The average Bonchev–Trinajstić information content (AvgIpc) is 3.39. The Labute approximate surface area is 188 Å². The molecule has 166 valence electrons. The van der Waals surface area contributed by atoms with Crippen molar-refractivity contribution < 1.29 is 9.59 Å². The van der Waals surface area contributed by atoms with Crippen molar-refractivity contribution in [1.29, 1.82) is 0 Å². The van der Waals surface area contributed by atoms with Crippen molar-refractivity contribution in [1.82, 2.24) is 20.0 Å². The van der Waals surface area contributed by atoms with Gasteiger partial charge in [0.15, 0.2) is 5.82 Å². The number of carbonyl (C=O) groups is 2. The number of para-hydroxylation sites is 1. The van der Waals surface area contributed by atoms with Gasteiger partial charge in [-0.25, -0.2) is 9.48 Å². The van der Waals surface area contributed by atoms with E-state index >= 15 is 0 Å². The van der Waals surface area contributed by atoms with Crippen molar-refractivity contribution in [2.45, 2.75) is 39.2 Å². The van der Waals surface area contributed by atoms with E-state index in [1.807, 2.05) is 48.0 Å². The van der Waals surface area contributed by atoms with E-state index < -0.39 is 6.04 Å². The summed E-state index contributed by atoms with van der Waals surface area (Å²) in [5.41, 5.74) is 4.12. The van der Waals surface area contributed by atoms with Crippen LogP contribution < -0.4 is 10.6 Å². The number of hydrogen-bond donors (Lipinski definition) is 2. The quantitative estimate of drug-likeness (QED) is 0.560. The summed E-state index contributed by atoms with van der Waals surface area (Å²) < 4.78 is 1.85. The Morgan fingerprint density at radius 3 is 2.66 bits per heavy atom. The molecule has 0 radical (unpaired) electrons. The number of aryl methyl sites for hydroxylation is 1. The third-order valence-corrected chi connectivity index (χ3v) is 5.57. The van der Waals surface area contributed by atoms with E-state index in [9.17, 15) is 9.59 Å². The molecule has 32 heavy (non-hydrogen) atoms. The van der Waals surface area contributed by atoms with Gasteiger partial charge in [0.25, 0.3) is 0 Å². The lowest BCUT2D eigenvalue weighted by Crippen LogP contribution is -2.43. The van der Waals surface area contributed by atoms with Crippen molar-refractivity contribution in [3.8, 4) is 16.9 Å². The van der Waals surface area contributed by atoms with E-state index in [4.69, 9.17) is 5.10 Å². The van der Waals surface area contributed by atoms with Gasteiger partial charge in [0.1, 0.15) is 6.04 Å². The minimum Gasteiger partial charge on any atom is -0.335 e. The monoisotopic (exact) mass is 431 g/mol. The number of rotatable bonds is 8. The number of aromatic nitrogens is 2. The van der Waals surface area contributed by atoms with Crippen LogP contribution in [-0.4, -0.2) is 45.8 Å². The lowest BCUT2D eigenvalue weighted by molar-refractivity contribution is -0.119. The fourth-order valence-electron chi connectivity index (χ4n) is 4.07. The highest BCUT2D eigenvalue weighted by Gasteiger charge is 2.35. The molecule has 3 aromatic rings. The Morgan fingerprint density at radius 2 is 1.91 bits per heavy atom. The predicted octanol–water partition coefficient (Wildman–Crippen LogP) is 4.23. The first-order valence-corrected chi connectivity index (χ1v) is 11.2. The summed E-state index contributed by atoms with van der Waals surface area (Å²) in [5, 5.41) is 10.4. The number of benzene rings is 2. The van der Waals surface area contributed by atoms with Gasteiger partial charge in [-0.2, -0.15) is 0 Å². The molecule has 1 aliphatic heterocycles. The molecule has 2 heterocycles. The average molecular weight is 432 g/mol. The Kier molecular flexibility index (Phi) is 6.54. The molecule has 0 spiro atoms. The predicted molar refractivity (Wildman–Crippen MR) is 126 cm³/mol. The number of urea groups is 1. The molecule has 0 unspecified atom stereocenters. The van der Waals surface area contributed by atoms with Crippen molar-refractivity contribution in [3.05, 3.63) is 66.2 Å². The molecule has 2 aromatic carbocycles. The molecular weight excluding hydrogens is 402 g/mol. The smallest absolute Gasteiger partial charge is 0.318 e. The van der Waals surface area contributed by atoms with Gasteiger partial charge >= 0.3 is 6.03 Å². The number of amides is 3.